The van der Waals surface area contributed by atoms with Crippen LogP contribution in [-0.2, 0) is 4.79 Å². The maximum absolute atomic E-state index is 12.1. The van der Waals surface area contributed by atoms with Gasteiger partial charge >= 0.3 is 0 Å². The molecule has 1 rings (SSSR count). The average Bonchev–Trinajstić information content (AvgIpc) is 2.52. The first-order valence-corrected chi connectivity index (χ1v) is 8.54. The third-order valence-electron chi connectivity index (χ3n) is 4.19. The summed E-state index contributed by atoms with van der Waals surface area (Å²) in [6.07, 6.45) is 5.43. The molecule has 2 nitrogen and oxygen atoms in total. The molecule has 1 fully saturated rings. The smallest absolute Gasteiger partial charge is 0.222 e. The summed E-state index contributed by atoms with van der Waals surface area (Å²) in [5.41, 5.74) is 0. The van der Waals surface area contributed by atoms with Gasteiger partial charge in [0.2, 0.25) is 5.91 Å². The first-order valence-electron chi connectivity index (χ1n) is 7.42. The molecular formula is C15H28BrNO. The van der Waals surface area contributed by atoms with E-state index in [1.54, 1.807) is 0 Å². The van der Waals surface area contributed by atoms with Gasteiger partial charge in [0.1, 0.15) is 0 Å². The minimum Gasteiger partial charge on any atom is -0.342 e. The van der Waals surface area contributed by atoms with Gasteiger partial charge in [-0.05, 0) is 37.0 Å². The van der Waals surface area contributed by atoms with E-state index in [0.29, 0.717) is 17.7 Å². The van der Waals surface area contributed by atoms with E-state index in [2.05, 4.69) is 41.6 Å². The molecule has 2 unspecified atom stereocenters. The molecule has 3 heteroatoms. The van der Waals surface area contributed by atoms with Crippen LogP contribution < -0.4 is 0 Å². The second-order valence-corrected chi connectivity index (χ2v) is 6.63. The topological polar surface area (TPSA) is 20.3 Å². The second-order valence-electron chi connectivity index (χ2n) is 5.98. The third-order valence-corrected chi connectivity index (χ3v) is 5.10. The molecule has 1 saturated heterocycles. The Bertz CT molecular complexity index is 255. The zero-order chi connectivity index (χ0) is 13.5. The molecule has 0 aromatic carbocycles. The summed E-state index contributed by atoms with van der Waals surface area (Å²) in [6, 6.07) is 0. The Morgan fingerprint density at radius 2 is 2.11 bits per heavy atom. The molecule has 2 atom stereocenters. The quantitative estimate of drug-likeness (QED) is 0.676. The first kappa shape index (κ1) is 16.0. The van der Waals surface area contributed by atoms with E-state index < -0.39 is 0 Å². The highest BCUT2D eigenvalue weighted by molar-refractivity contribution is 9.09. The number of amides is 1. The zero-order valence-corrected chi connectivity index (χ0v) is 13.7. The molecule has 0 radical (unpaired) electrons. The van der Waals surface area contributed by atoms with E-state index in [9.17, 15) is 4.79 Å². The van der Waals surface area contributed by atoms with Gasteiger partial charge in [-0.2, -0.15) is 0 Å². The number of halogens is 1. The van der Waals surface area contributed by atoms with E-state index in [1.165, 1.54) is 19.3 Å². The van der Waals surface area contributed by atoms with Gasteiger partial charge < -0.3 is 4.90 Å². The van der Waals surface area contributed by atoms with Gasteiger partial charge in [0.15, 0.2) is 0 Å². The van der Waals surface area contributed by atoms with Crippen molar-refractivity contribution in [1.29, 1.82) is 0 Å². The highest BCUT2D eigenvalue weighted by Gasteiger charge is 2.25. The molecule has 0 aromatic rings. The van der Waals surface area contributed by atoms with Crippen molar-refractivity contribution in [1.82, 2.24) is 4.90 Å². The van der Waals surface area contributed by atoms with Crippen molar-refractivity contribution in [3.63, 3.8) is 0 Å². The summed E-state index contributed by atoms with van der Waals surface area (Å²) in [4.78, 5) is 14.3. The SMILES string of the molecule is CCCC(CBr)CN1CCC(C(C)C)CCC1=O. The summed E-state index contributed by atoms with van der Waals surface area (Å²) < 4.78 is 0. The standard InChI is InChI=1S/C15H28BrNO/c1-4-5-13(10-16)11-17-9-8-14(12(2)3)6-7-15(17)18/h12-14H,4-11H2,1-3H3. The maximum Gasteiger partial charge on any atom is 0.222 e. The fraction of sp³-hybridized carbons (Fsp3) is 0.933. The lowest BCUT2D eigenvalue weighted by Gasteiger charge is -2.26. The van der Waals surface area contributed by atoms with E-state index in [1.807, 2.05) is 0 Å². The molecule has 0 aliphatic carbocycles. The van der Waals surface area contributed by atoms with Crippen molar-refractivity contribution in [3.8, 4) is 0 Å². The molecule has 18 heavy (non-hydrogen) atoms. The number of likely N-dealkylation sites (tertiary alicyclic amines) is 1. The van der Waals surface area contributed by atoms with Gasteiger partial charge in [-0.15, -0.1) is 0 Å². The fourth-order valence-corrected chi connectivity index (χ4v) is 3.38. The summed E-state index contributed by atoms with van der Waals surface area (Å²) in [7, 11) is 0. The van der Waals surface area contributed by atoms with Crippen LogP contribution in [0.4, 0.5) is 0 Å². The number of carbonyl (C=O) groups is 1. The molecule has 1 amide bonds. The number of alkyl halides is 1. The number of nitrogens with zero attached hydrogens (tertiary/aromatic N) is 1. The van der Waals surface area contributed by atoms with Crippen molar-refractivity contribution in [3.05, 3.63) is 0 Å². The van der Waals surface area contributed by atoms with Gasteiger partial charge in [-0.25, -0.2) is 0 Å². The fourth-order valence-electron chi connectivity index (χ4n) is 2.85. The lowest BCUT2D eigenvalue weighted by atomic mass is 9.89. The van der Waals surface area contributed by atoms with E-state index in [4.69, 9.17) is 0 Å². The predicted molar refractivity (Wildman–Crippen MR) is 81.0 cm³/mol. The van der Waals surface area contributed by atoms with Gasteiger partial charge in [-0.1, -0.05) is 43.1 Å². The van der Waals surface area contributed by atoms with Crippen LogP contribution in [0.5, 0.6) is 0 Å². The number of rotatable bonds is 6. The Morgan fingerprint density at radius 1 is 1.39 bits per heavy atom. The van der Waals surface area contributed by atoms with Crippen molar-refractivity contribution >= 4 is 21.8 Å². The minimum absolute atomic E-state index is 0.375. The van der Waals surface area contributed by atoms with Crippen LogP contribution in [0.15, 0.2) is 0 Å². The van der Waals surface area contributed by atoms with E-state index in [0.717, 1.165) is 37.2 Å². The highest BCUT2D eigenvalue weighted by Crippen LogP contribution is 2.26. The van der Waals surface area contributed by atoms with Crippen molar-refractivity contribution in [2.24, 2.45) is 17.8 Å². The molecule has 0 spiro atoms. The number of carbonyl (C=O) groups excluding carboxylic acids is 1. The van der Waals surface area contributed by atoms with Gasteiger partial charge in [0, 0.05) is 24.8 Å². The Kier molecular flexibility index (Phi) is 7.28. The van der Waals surface area contributed by atoms with E-state index >= 15 is 0 Å². The van der Waals surface area contributed by atoms with Gasteiger partial charge in [0.05, 0.1) is 0 Å². The van der Waals surface area contributed by atoms with Crippen LogP contribution in [0.3, 0.4) is 0 Å². The molecule has 1 aliphatic heterocycles. The average molecular weight is 318 g/mol. The molecule has 1 aliphatic rings. The number of hydrogen-bond donors (Lipinski definition) is 0. The normalized spacial score (nSPS) is 23.3. The largest absolute Gasteiger partial charge is 0.342 e. The van der Waals surface area contributed by atoms with Crippen molar-refractivity contribution < 1.29 is 4.79 Å². The Morgan fingerprint density at radius 3 is 2.67 bits per heavy atom. The van der Waals surface area contributed by atoms with Crippen LogP contribution in [-0.4, -0.2) is 29.2 Å². The summed E-state index contributed by atoms with van der Waals surface area (Å²) in [5, 5.41) is 1.01. The van der Waals surface area contributed by atoms with Gasteiger partial charge in [0.25, 0.3) is 0 Å². The van der Waals surface area contributed by atoms with Crippen molar-refractivity contribution in [2.75, 3.05) is 18.4 Å². The Balaban J connectivity index is 2.52. The lowest BCUT2D eigenvalue weighted by molar-refractivity contribution is -0.131. The summed E-state index contributed by atoms with van der Waals surface area (Å²) in [6.45, 7) is 8.69. The summed E-state index contributed by atoms with van der Waals surface area (Å²) in [5.74, 6) is 2.43. The molecule has 1 heterocycles. The van der Waals surface area contributed by atoms with Crippen LogP contribution in [0, 0.1) is 17.8 Å². The molecule has 0 aromatic heterocycles. The van der Waals surface area contributed by atoms with Crippen molar-refractivity contribution in [2.45, 2.75) is 52.9 Å². The molecule has 0 saturated carbocycles. The zero-order valence-electron chi connectivity index (χ0n) is 12.1. The van der Waals surface area contributed by atoms with Crippen LogP contribution in [0.1, 0.15) is 52.9 Å². The lowest BCUT2D eigenvalue weighted by Crippen LogP contribution is -2.35. The Hall–Kier alpha value is -0.0500. The molecule has 0 bridgehead atoms. The number of hydrogen-bond acceptors (Lipinski definition) is 1. The monoisotopic (exact) mass is 317 g/mol. The Labute approximate surface area is 121 Å². The molecular weight excluding hydrogens is 290 g/mol. The predicted octanol–water partition coefficient (Wildman–Crippen LogP) is 4.08. The van der Waals surface area contributed by atoms with Gasteiger partial charge in [-0.3, -0.25) is 4.79 Å². The second kappa shape index (κ2) is 8.19. The summed E-state index contributed by atoms with van der Waals surface area (Å²) >= 11 is 3.58. The van der Waals surface area contributed by atoms with Crippen LogP contribution in [0.2, 0.25) is 0 Å². The van der Waals surface area contributed by atoms with Crippen LogP contribution >= 0.6 is 15.9 Å². The minimum atomic E-state index is 0.375. The van der Waals surface area contributed by atoms with E-state index in [-0.39, 0.29) is 0 Å². The van der Waals surface area contributed by atoms with Crippen LogP contribution in [0.25, 0.3) is 0 Å². The molecule has 106 valence electrons. The third kappa shape index (κ3) is 4.91. The maximum atomic E-state index is 12.1. The molecule has 0 N–H and O–H groups in total. The first-order chi connectivity index (χ1) is 8.58. The highest BCUT2D eigenvalue weighted by atomic mass is 79.9.